The molecule has 0 unspecified atom stereocenters. The van der Waals surface area contributed by atoms with Crippen LogP contribution in [-0.4, -0.2) is 51.3 Å². The quantitative estimate of drug-likeness (QED) is 0.389. The lowest BCUT2D eigenvalue weighted by molar-refractivity contribution is -0.251. The normalized spacial score (nSPS) is 49.7. The van der Waals surface area contributed by atoms with Crippen LogP contribution in [0.3, 0.4) is 0 Å². The summed E-state index contributed by atoms with van der Waals surface area (Å²) in [6.45, 7) is 21.1. The van der Waals surface area contributed by atoms with Gasteiger partial charge in [-0.2, -0.15) is 0 Å². The molecule has 39 heavy (non-hydrogen) atoms. The molecule has 0 saturated heterocycles. The van der Waals surface area contributed by atoms with Crippen LogP contribution in [0.15, 0.2) is 11.3 Å². The van der Waals surface area contributed by atoms with Gasteiger partial charge in [0.1, 0.15) is 18.0 Å². The van der Waals surface area contributed by atoms with Gasteiger partial charge < -0.3 is 24.8 Å². The zero-order valence-corrected chi connectivity index (χ0v) is 26.1. The molecule has 3 saturated carbocycles. The lowest BCUT2D eigenvalue weighted by Crippen LogP contribution is -2.67. The van der Waals surface area contributed by atoms with Crippen molar-refractivity contribution in [3.8, 4) is 0 Å². The van der Waals surface area contributed by atoms with Gasteiger partial charge in [-0.15, -0.1) is 0 Å². The Morgan fingerprint density at radius 1 is 0.974 bits per heavy atom. The summed E-state index contributed by atoms with van der Waals surface area (Å²) in [5.41, 5.74) is -0.637. The van der Waals surface area contributed by atoms with E-state index in [1.54, 1.807) is 13.8 Å². The van der Waals surface area contributed by atoms with Gasteiger partial charge in [0.25, 0.3) is 0 Å². The number of aliphatic hydroxyl groups is 3. The van der Waals surface area contributed by atoms with E-state index in [1.165, 1.54) is 12.5 Å². The maximum atomic E-state index is 12.3. The molecule has 0 amide bonds. The Bertz CT molecular complexity index is 1060. The SMILES string of the molecule is CC(=O)O[C@@H]([C@H]1C[C@@H](C)C2=C(O1)[C@H](O)[C@@]1(C)[C@@H]3CC[C@H]4C(C)(C)[C@@H](O)CC[C@]4(C)[C@]3(C)CC[C@]21C)C(C)(C)O. The molecule has 0 aromatic rings. The van der Waals surface area contributed by atoms with E-state index in [0.717, 1.165) is 38.5 Å². The van der Waals surface area contributed by atoms with E-state index in [2.05, 4.69) is 48.5 Å². The largest absolute Gasteiger partial charge is 0.488 e. The first-order valence-corrected chi connectivity index (χ1v) is 15.4. The van der Waals surface area contributed by atoms with Crippen molar-refractivity contribution in [3.63, 3.8) is 0 Å². The molecule has 3 fully saturated rings. The molecule has 4 aliphatic carbocycles. The van der Waals surface area contributed by atoms with Crippen LogP contribution >= 0.6 is 0 Å². The van der Waals surface area contributed by atoms with Crippen LogP contribution < -0.4 is 0 Å². The second-order valence-corrected chi connectivity index (χ2v) is 16.2. The molecule has 6 heteroatoms. The molecule has 5 rings (SSSR count). The van der Waals surface area contributed by atoms with Gasteiger partial charge in [-0.1, -0.05) is 48.5 Å². The first-order valence-electron chi connectivity index (χ1n) is 15.4. The van der Waals surface area contributed by atoms with Gasteiger partial charge in [-0.25, -0.2) is 0 Å². The standard InChI is InChI=1S/C33H54O6/c1-18-17-20(27(29(5,6)37)38-19(2)34)39-25-24(18)32(9)16-15-31(8)22(33(32,10)26(25)36)12-11-21-28(3,4)23(35)13-14-30(21,31)7/h18,20-23,26-27,35-37H,11-17H2,1-10H3/t18-,20-,21+,22-,23+,26+,27+,30+,31-,32-,33-/m1/s1. The van der Waals surface area contributed by atoms with Crippen LogP contribution in [0, 0.1) is 44.8 Å². The maximum Gasteiger partial charge on any atom is 0.303 e. The van der Waals surface area contributed by atoms with Crippen molar-refractivity contribution in [2.45, 2.75) is 144 Å². The van der Waals surface area contributed by atoms with Gasteiger partial charge in [0.15, 0.2) is 6.10 Å². The summed E-state index contributed by atoms with van der Waals surface area (Å²) in [5.74, 6) is 1.12. The smallest absolute Gasteiger partial charge is 0.303 e. The first kappa shape index (κ1) is 29.4. The van der Waals surface area contributed by atoms with Crippen LogP contribution in [-0.2, 0) is 14.3 Å². The number of carbonyl (C=O) groups is 1. The van der Waals surface area contributed by atoms with Crippen LogP contribution in [0.1, 0.15) is 114 Å². The Balaban J connectivity index is 1.54. The maximum absolute atomic E-state index is 12.3. The summed E-state index contributed by atoms with van der Waals surface area (Å²) < 4.78 is 12.3. The molecule has 0 aromatic heterocycles. The fourth-order valence-corrected chi connectivity index (χ4v) is 11.3. The summed E-state index contributed by atoms with van der Waals surface area (Å²) in [6, 6.07) is 0. The number of carbonyl (C=O) groups excluding carboxylic acids is 1. The van der Waals surface area contributed by atoms with Gasteiger partial charge in [-0.05, 0) is 98.4 Å². The Labute approximate surface area is 235 Å². The van der Waals surface area contributed by atoms with Crippen LogP contribution in [0.2, 0.25) is 0 Å². The van der Waals surface area contributed by atoms with E-state index in [9.17, 15) is 20.1 Å². The van der Waals surface area contributed by atoms with Crippen molar-refractivity contribution >= 4 is 5.97 Å². The molecular weight excluding hydrogens is 492 g/mol. The minimum atomic E-state index is -1.28. The molecule has 1 heterocycles. The molecule has 222 valence electrons. The molecule has 0 spiro atoms. The van der Waals surface area contributed by atoms with Crippen LogP contribution in [0.25, 0.3) is 0 Å². The number of allylic oxidation sites excluding steroid dienone is 1. The number of aliphatic hydroxyl groups excluding tert-OH is 2. The van der Waals surface area contributed by atoms with Gasteiger partial charge in [0.2, 0.25) is 0 Å². The highest BCUT2D eigenvalue weighted by atomic mass is 16.6. The Morgan fingerprint density at radius 3 is 2.15 bits per heavy atom. The van der Waals surface area contributed by atoms with E-state index in [0.29, 0.717) is 24.0 Å². The molecule has 0 bridgehead atoms. The van der Waals surface area contributed by atoms with E-state index in [1.807, 2.05) is 0 Å². The van der Waals surface area contributed by atoms with E-state index >= 15 is 0 Å². The Morgan fingerprint density at radius 2 is 1.56 bits per heavy atom. The van der Waals surface area contributed by atoms with E-state index in [-0.39, 0.29) is 33.7 Å². The van der Waals surface area contributed by atoms with Crippen molar-refractivity contribution in [3.05, 3.63) is 11.3 Å². The number of hydrogen-bond acceptors (Lipinski definition) is 6. The van der Waals surface area contributed by atoms with Crippen molar-refractivity contribution in [1.29, 1.82) is 0 Å². The Kier molecular flexibility index (Phi) is 6.56. The highest BCUT2D eigenvalue weighted by Gasteiger charge is 2.74. The second kappa shape index (κ2) is 8.70. The number of esters is 1. The molecular formula is C33H54O6. The number of hydrogen-bond donors (Lipinski definition) is 3. The van der Waals surface area contributed by atoms with Gasteiger partial charge in [0, 0.05) is 17.8 Å². The monoisotopic (exact) mass is 546 g/mol. The predicted molar refractivity (Wildman–Crippen MR) is 150 cm³/mol. The molecule has 3 N–H and O–H groups in total. The van der Waals surface area contributed by atoms with Crippen molar-refractivity contribution in [2.24, 2.45) is 44.8 Å². The highest BCUT2D eigenvalue weighted by Crippen LogP contribution is 2.78. The third-order valence-electron chi connectivity index (χ3n) is 13.7. The summed E-state index contributed by atoms with van der Waals surface area (Å²) in [7, 11) is 0. The minimum absolute atomic E-state index is 0.0349. The highest BCUT2D eigenvalue weighted by molar-refractivity contribution is 5.66. The second-order valence-electron chi connectivity index (χ2n) is 16.2. The van der Waals surface area contributed by atoms with E-state index in [4.69, 9.17) is 9.47 Å². The van der Waals surface area contributed by atoms with Gasteiger partial charge in [0.05, 0.1) is 11.7 Å². The lowest BCUT2D eigenvalue weighted by Gasteiger charge is -2.72. The summed E-state index contributed by atoms with van der Waals surface area (Å²) in [5, 5.41) is 34.2. The van der Waals surface area contributed by atoms with E-state index < -0.39 is 35.3 Å². The van der Waals surface area contributed by atoms with Crippen LogP contribution in [0.5, 0.6) is 0 Å². The number of rotatable bonds is 3. The van der Waals surface area contributed by atoms with Gasteiger partial charge in [-0.3, -0.25) is 4.79 Å². The fourth-order valence-electron chi connectivity index (χ4n) is 11.3. The third-order valence-corrected chi connectivity index (χ3v) is 13.7. The Hall–Kier alpha value is -1.11. The number of ether oxygens (including phenoxy) is 2. The van der Waals surface area contributed by atoms with Crippen molar-refractivity contribution in [2.75, 3.05) is 0 Å². The fraction of sp³-hybridized carbons (Fsp3) is 0.909. The molecule has 6 nitrogen and oxygen atoms in total. The van der Waals surface area contributed by atoms with Crippen molar-refractivity contribution in [1.82, 2.24) is 0 Å². The lowest BCUT2D eigenvalue weighted by atomic mass is 9.32. The van der Waals surface area contributed by atoms with Crippen LogP contribution in [0.4, 0.5) is 0 Å². The topological polar surface area (TPSA) is 96.2 Å². The van der Waals surface area contributed by atoms with Gasteiger partial charge >= 0.3 is 5.97 Å². The first-order chi connectivity index (χ1) is 17.8. The molecule has 5 aliphatic rings. The molecule has 0 aromatic carbocycles. The zero-order valence-electron chi connectivity index (χ0n) is 26.1. The zero-order chi connectivity index (χ0) is 29.1. The summed E-state index contributed by atoms with van der Waals surface area (Å²) in [6.07, 6.45) is 4.32. The minimum Gasteiger partial charge on any atom is -0.488 e. The average molecular weight is 547 g/mol. The third kappa shape index (κ3) is 3.65. The molecule has 1 aliphatic heterocycles. The predicted octanol–water partition coefficient (Wildman–Crippen LogP) is 5.77. The van der Waals surface area contributed by atoms with Crippen molar-refractivity contribution < 1.29 is 29.6 Å². The summed E-state index contributed by atoms with van der Waals surface area (Å²) in [4.78, 5) is 12.0. The number of fused-ring (bicyclic) bond motifs is 6. The molecule has 11 atom stereocenters. The summed E-state index contributed by atoms with van der Waals surface area (Å²) >= 11 is 0. The molecule has 0 radical (unpaired) electrons. The average Bonchev–Trinajstić information content (AvgIpc) is 2.99.